The van der Waals surface area contributed by atoms with E-state index >= 15 is 0 Å². The predicted octanol–water partition coefficient (Wildman–Crippen LogP) is 2.07. The van der Waals surface area contributed by atoms with Gasteiger partial charge in [-0.2, -0.15) is 0 Å². The number of rotatable bonds is 2. The van der Waals surface area contributed by atoms with Crippen LogP contribution in [0, 0.1) is 11.8 Å². The third-order valence-corrected chi connectivity index (χ3v) is 4.90. The topological polar surface area (TPSA) is 32.3 Å². The van der Waals surface area contributed by atoms with Crippen LogP contribution in [0.3, 0.4) is 0 Å². The molecule has 0 amide bonds. The Balaban J connectivity index is 1.56. The molecule has 2 heteroatoms. The van der Waals surface area contributed by atoms with Gasteiger partial charge in [0, 0.05) is 12.1 Å². The van der Waals surface area contributed by atoms with Crippen molar-refractivity contribution in [2.75, 3.05) is 0 Å². The van der Waals surface area contributed by atoms with E-state index in [1.165, 1.54) is 44.9 Å². The van der Waals surface area contributed by atoms with Crippen LogP contribution >= 0.6 is 0 Å². The fourth-order valence-corrected chi connectivity index (χ4v) is 4.03. The Morgan fingerprint density at radius 2 is 1.73 bits per heavy atom. The molecule has 2 nitrogen and oxygen atoms in total. The van der Waals surface area contributed by atoms with Gasteiger partial charge >= 0.3 is 0 Å². The second-order valence-corrected chi connectivity index (χ2v) is 5.91. The first kappa shape index (κ1) is 10.1. The average molecular weight is 209 g/mol. The minimum Gasteiger partial charge on any atom is -0.392 e. The molecule has 0 heterocycles. The molecule has 0 spiro atoms. The van der Waals surface area contributed by atoms with Crippen molar-refractivity contribution < 1.29 is 5.11 Å². The lowest BCUT2D eigenvalue weighted by Crippen LogP contribution is -2.48. The first-order valence-corrected chi connectivity index (χ1v) is 6.77. The van der Waals surface area contributed by atoms with E-state index in [2.05, 4.69) is 5.32 Å². The largest absolute Gasteiger partial charge is 0.392 e. The molecule has 86 valence electrons. The number of aliphatic hydroxyl groups is 1. The van der Waals surface area contributed by atoms with E-state index in [4.69, 9.17) is 0 Å². The predicted molar refractivity (Wildman–Crippen MR) is 60.6 cm³/mol. The zero-order chi connectivity index (χ0) is 10.3. The first-order chi connectivity index (χ1) is 7.33. The van der Waals surface area contributed by atoms with Crippen molar-refractivity contribution in [1.29, 1.82) is 0 Å². The number of fused-ring (bicyclic) bond motifs is 2. The number of hydrogen-bond acceptors (Lipinski definition) is 2. The van der Waals surface area contributed by atoms with E-state index in [0.29, 0.717) is 6.04 Å². The normalized spacial score (nSPS) is 49.8. The quantitative estimate of drug-likeness (QED) is 0.729. The highest BCUT2D eigenvalue weighted by molar-refractivity contribution is 4.96. The molecule has 0 aromatic heterocycles. The summed E-state index contributed by atoms with van der Waals surface area (Å²) in [6, 6.07) is 1.14. The zero-order valence-electron chi connectivity index (χ0n) is 9.49. The van der Waals surface area contributed by atoms with Crippen LogP contribution in [-0.2, 0) is 0 Å². The molecule has 3 aliphatic carbocycles. The molecule has 2 bridgehead atoms. The summed E-state index contributed by atoms with van der Waals surface area (Å²) >= 11 is 0. The Bertz CT molecular complexity index is 231. The van der Waals surface area contributed by atoms with Crippen LogP contribution in [-0.4, -0.2) is 23.3 Å². The first-order valence-electron chi connectivity index (χ1n) is 6.77. The molecule has 0 aromatic carbocycles. The molecule has 3 aliphatic rings. The maximum absolute atomic E-state index is 9.94. The Kier molecular flexibility index (Phi) is 2.73. The SMILES string of the molecule is OC1CCCCC1NC1CC2CCC1C2. The summed E-state index contributed by atoms with van der Waals surface area (Å²) in [6.45, 7) is 0. The maximum atomic E-state index is 9.94. The third kappa shape index (κ3) is 1.94. The summed E-state index contributed by atoms with van der Waals surface area (Å²) in [5.41, 5.74) is 0. The maximum Gasteiger partial charge on any atom is 0.0693 e. The van der Waals surface area contributed by atoms with Gasteiger partial charge in [-0.15, -0.1) is 0 Å². The lowest BCUT2D eigenvalue weighted by Gasteiger charge is -2.34. The van der Waals surface area contributed by atoms with Gasteiger partial charge in [-0.3, -0.25) is 0 Å². The van der Waals surface area contributed by atoms with Gasteiger partial charge in [0.15, 0.2) is 0 Å². The van der Waals surface area contributed by atoms with Gasteiger partial charge in [0.1, 0.15) is 0 Å². The molecule has 0 aromatic rings. The Morgan fingerprint density at radius 1 is 0.867 bits per heavy atom. The minimum absolute atomic E-state index is 0.0714. The molecule has 0 radical (unpaired) electrons. The Hall–Kier alpha value is -0.0800. The summed E-state index contributed by atoms with van der Waals surface area (Å²) < 4.78 is 0. The summed E-state index contributed by atoms with van der Waals surface area (Å²) in [6.07, 6.45) is 10.4. The van der Waals surface area contributed by atoms with Crippen LogP contribution in [0.15, 0.2) is 0 Å². The van der Waals surface area contributed by atoms with Crippen LogP contribution in [0.1, 0.15) is 51.4 Å². The molecular formula is C13H23NO. The zero-order valence-corrected chi connectivity index (χ0v) is 9.49. The van der Waals surface area contributed by atoms with E-state index in [9.17, 15) is 5.11 Å². The van der Waals surface area contributed by atoms with Crippen molar-refractivity contribution in [3.63, 3.8) is 0 Å². The summed E-state index contributed by atoms with van der Waals surface area (Å²) in [5, 5.41) is 13.7. The van der Waals surface area contributed by atoms with Gasteiger partial charge in [0.2, 0.25) is 0 Å². The molecule has 3 fully saturated rings. The van der Waals surface area contributed by atoms with Crippen LogP contribution < -0.4 is 5.32 Å². The van der Waals surface area contributed by atoms with Crippen molar-refractivity contribution in [2.45, 2.75) is 69.6 Å². The highest BCUT2D eigenvalue weighted by Gasteiger charge is 2.40. The van der Waals surface area contributed by atoms with E-state index in [1.807, 2.05) is 0 Å². The summed E-state index contributed by atoms with van der Waals surface area (Å²) in [4.78, 5) is 0. The minimum atomic E-state index is -0.0714. The van der Waals surface area contributed by atoms with Crippen molar-refractivity contribution in [2.24, 2.45) is 11.8 Å². The second kappa shape index (κ2) is 4.06. The molecule has 5 unspecified atom stereocenters. The van der Waals surface area contributed by atoms with Crippen LogP contribution in [0.5, 0.6) is 0 Å². The Labute approximate surface area is 92.4 Å². The lowest BCUT2D eigenvalue weighted by molar-refractivity contribution is 0.0799. The van der Waals surface area contributed by atoms with Crippen LogP contribution in [0.25, 0.3) is 0 Å². The highest BCUT2D eigenvalue weighted by Crippen LogP contribution is 2.44. The standard InChI is InChI=1S/C13H23NO/c15-13-4-2-1-3-11(13)14-12-8-9-5-6-10(12)7-9/h9-15H,1-8H2. The van der Waals surface area contributed by atoms with Crippen molar-refractivity contribution in [3.8, 4) is 0 Å². The van der Waals surface area contributed by atoms with Gasteiger partial charge < -0.3 is 10.4 Å². The molecule has 3 saturated carbocycles. The van der Waals surface area contributed by atoms with Gasteiger partial charge in [-0.1, -0.05) is 19.3 Å². The lowest BCUT2D eigenvalue weighted by atomic mass is 9.89. The number of aliphatic hydroxyl groups excluding tert-OH is 1. The molecular weight excluding hydrogens is 186 g/mol. The van der Waals surface area contributed by atoms with Gasteiger partial charge in [-0.05, 0) is 43.9 Å². The van der Waals surface area contributed by atoms with Gasteiger partial charge in [0.25, 0.3) is 0 Å². The van der Waals surface area contributed by atoms with E-state index in [1.54, 1.807) is 0 Å². The molecule has 5 atom stereocenters. The van der Waals surface area contributed by atoms with Gasteiger partial charge in [-0.25, -0.2) is 0 Å². The van der Waals surface area contributed by atoms with Crippen molar-refractivity contribution in [1.82, 2.24) is 5.32 Å². The molecule has 0 aliphatic heterocycles. The highest BCUT2D eigenvalue weighted by atomic mass is 16.3. The van der Waals surface area contributed by atoms with Crippen LogP contribution in [0.2, 0.25) is 0 Å². The monoisotopic (exact) mass is 209 g/mol. The summed E-state index contributed by atoms with van der Waals surface area (Å²) in [5.74, 6) is 1.94. The summed E-state index contributed by atoms with van der Waals surface area (Å²) in [7, 11) is 0. The van der Waals surface area contributed by atoms with E-state index < -0.39 is 0 Å². The fraction of sp³-hybridized carbons (Fsp3) is 1.00. The third-order valence-electron chi connectivity index (χ3n) is 4.90. The smallest absolute Gasteiger partial charge is 0.0693 e. The van der Waals surface area contributed by atoms with Gasteiger partial charge in [0.05, 0.1) is 6.10 Å². The Morgan fingerprint density at radius 3 is 2.40 bits per heavy atom. The van der Waals surface area contributed by atoms with Crippen LogP contribution in [0.4, 0.5) is 0 Å². The van der Waals surface area contributed by atoms with Crippen molar-refractivity contribution >= 4 is 0 Å². The average Bonchev–Trinajstić information content (AvgIpc) is 2.83. The molecule has 3 rings (SSSR count). The fourth-order valence-electron chi connectivity index (χ4n) is 4.03. The molecule has 2 N–H and O–H groups in total. The van der Waals surface area contributed by atoms with E-state index in [-0.39, 0.29) is 6.10 Å². The number of nitrogens with one attached hydrogen (secondary N) is 1. The number of hydrogen-bond donors (Lipinski definition) is 2. The van der Waals surface area contributed by atoms with E-state index in [0.717, 1.165) is 24.3 Å². The second-order valence-electron chi connectivity index (χ2n) is 5.91. The van der Waals surface area contributed by atoms with Crippen molar-refractivity contribution in [3.05, 3.63) is 0 Å². The molecule has 15 heavy (non-hydrogen) atoms. The molecule has 0 saturated heterocycles.